The zero-order valence-corrected chi connectivity index (χ0v) is 80.4. The molecule has 6 heterocycles. The Bertz CT molecular complexity index is 10300. The molecule has 0 aliphatic heterocycles. The molecule has 0 unspecified atom stereocenters. The first-order valence-electron chi connectivity index (χ1n) is 50.5. The van der Waals surface area contributed by atoms with Crippen LogP contribution in [0.2, 0.25) is 0 Å². The van der Waals surface area contributed by atoms with Crippen molar-refractivity contribution in [3.8, 4) is 168 Å². The largest absolute Gasteiger partial charge is 0.456 e. The Morgan fingerprint density at radius 1 is 0.114 bits per heavy atom. The maximum Gasteiger partial charge on any atom is 0.160 e. The minimum atomic E-state index is 0.690. The molecule has 24 aromatic carbocycles. The molecule has 0 saturated heterocycles. The Balaban J connectivity index is 0.000000106. The Kier molecular flexibility index (Phi) is 20.5. The van der Waals surface area contributed by atoms with Gasteiger partial charge in [0.25, 0.3) is 0 Å². The molecule has 9 nitrogen and oxygen atoms in total. The first-order chi connectivity index (χ1) is 73.8. The van der Waals surface area contributed by atoms with Gasteiger partial charge in [-0.05, 0) is 233 Å². The molecule has 0 amide bonds. The minimum absolute atomic E-state index is 0.690. The zero-order valence-electron chi connectivity index (χ0n) is 80.4. The number of hydrogen-bond donors (Lipinski definition) is 0. The van der Waals surface area contributed by atoms with Gasteiger partial charge in [-0.15, -0.1) is 0 Å². The van der Waals surface area contributed by atoms with E-state index < -0.39 is 0 Å². The van der Waals surface area contributed by atoms with E-state index in [2.05, 4.69) is 364 Å². The van der Waals surface area contributed by atoms with Crippen LogP contribution in [0.5, 0.6) is 0 Å². The predicted octanol–water partition coefficient (Wildman–Crippen LogP) is 38.0. The van der Waals surface area contributed by atoms with E-state index in [-0.39, 0.29) is 0 Å². The summed E-state index contributed by atoms with van der Waals surface area (Å²) in [5, 5.41) is 24.4. The summed E-state index contributed by atoms with van der Waals surface area (Å²) in [5.74, 6) is 2.08. The summed E-state index contributed by atoms with van der Waals surface area (Å²) in [6.07, 6.45) is 0. The van der Waals surface area contributed by atoms with E-state index in [1.54, 1.807) is 0 Å². The summed E-state index contributed by atoms with van der Waals surface area (Å²) in [5.41, 5.74) is 34.0. The van der Waals surface area contributed by atoms with Crippen LogP contribution in [0.1, 0.15) is 0 Å². The van der Waals surface area contributed by atoms with E-state index >= 15 is 0 Å². The molecule has 9 heteroatoms. The van der Waals surface area contributed by atoms with E-state index in [4.69, 9.17) is 43.2 Å². The average Bonchev–Trinajstić information content (AvgIpc) is 1.61. The number of hydrogen-bond acceptors (Lipinski definition) is 9. The molecule has 1 aliphatic carbocycles. The van der Waals surface area contributed by atoms with Crippen LogP contribution in [0.15, 0.2) is 523 Å². The quantitative estimate of drug-likeness (QED) is 0.104. The van der Waals surface area contributed by atoms with Crippen molar-refractivity contribution in [2.45, 2.75) is 0 Å². The predicted molar refractivity (Wildman–Crippen MR) is 617 cm³/mol. The second-order valence-electron chi connectivity index (χ2n) is 38.4. The molecule has 692 valence electrons. The van der Waals surface area contributed by atoms with Crippen LogP contribution >= 0.6 is 0 Å². The molecule has 0 bridgehead atoms. The van der Waals surface area contributed by atoms with Gasteiger partial charge in [0.2, 0.25) is 0 Å². The fraction of sp³-hybridized carbons (Fsp3) is 0. The molecule has 0 saturated carbocycles. The van der Waals surface area contributed by atoms with Crippen LogP contribution in [-0.4, -0.2) is 29.9 Å². The molecule has 0 atom stereocenters. The Labute approximate surface area is 856 Å². The van der Waals surface area contributed by atoms with Crippen molar-refractivity contribution in [1.29, 1.82) is 0 Å². The molecular formula is C140H84N6O3. The third-order valence-corrected chi connectivity index (χ3v) is 29.7. The van der Waals surface area contributed by atoms with Crippen LogP contribution in [0, 0.1) is 0 Å². The second kappa shape index (κ2) is 35.5. The van der Waals surface area contributed by atoms with E-state index in [1.165, 1.54) is 120 Å². The first kappa shape index (κ1) is 85.7. The fourth-order valence-electron chi connectivity index (χ4n) is 22.7. The molecule has 6 aromatic heterocycles. The molecule has 0 fully saturated rings. The third kappa shape index (κ3) is 15.0. The molecule has 30 aromatic rings. The van der Waals surface area contributed by atoms with Crippen LogP contribution in [0.3, 0.4) is 0 Å². The highest BCUT2D eigenvalue weighted by atomic mass is 16.3. The van der Waals surface area contributed by atoms with Crippen molar-refractivity contribution in [2.24, 2.45) is 0 Å². The van der Waals surface area contributed by atoms with Gasteiger partial charge in [0.05, 0.1) is 34.2 Å². The van der Waals surface area contributed by atoms with Gasteiger partial charge >= 0.3 is 0 Å². The van der Waals surface area contributed by atoms with Gasteiger partial charge in [-0.2, -0.15) is 0 Å². The SMILES string of the molecule is c1ccc(-c2cc(-c3cccc4oc5ccc(-c6cc7ccc8cccc9ccc(c6)c7c89)cc5c34)nc(-c3ccccc3)n2)cc1.c1ccc(-c2cc(-c3cccc4oc5ccc(-c6ccc(-c7ccc8c9ccccc9c9ccccc9c8c7)cc6)cc5c34)nc(-c3ccccc3)n2)cc1.c1ccc(-c2cc(-c3cccc4oc5ccc(-c6ccc7c8c(cccc68)-c6ccccc6-7)cc5c34)nc(-c3ccccc3)n2)cc1. The normalized spacial score (nSPS) is 11.8. The Morgan fingerprint density at radius 3 is 0.819 bits per heavy atom. The van der Waals surface area contributed by atoms with Crippen molar-refractivity contribution in [1.82, 2.24) is 29.9 Å². The van der Waals surface area contributed by atoms with Gasteiger partial charge in [-0.1, -0.05) is 419 Å². The van der Waals surface area contributed by atoms with Crippen molar-refractivity contribution in [3.05, 3.63) is 510 Å². The van der Waals surface area contributed by atoms with Gasteiger partial charge in [0.15, 0.2) is 17.5 Å². The highest BCUT2D eigenvalue weighted by Gasteiger charge is 2.27. The molecule has 0 N–H and O–H groups in total. The Hall–Kier alpha value is -20.0. The lowest BCUT2D eigenvalue weighted by Crippen LogP contribution is -1.96. The van der Waals surface area contributed by atoms with Crippen LogP contribution in [0.4, 0.5) is 0 Å². The smallest absolute Gasteiger partial charge is 0.160 e. The molecule has 1 aliphatic rings. The Morgan fingerprint density at radius 2 is 0.396 bits per heavy atom. The summed E-state index contributed by atoms with van der Waals surface area (Å²) < 4.78 is 19.4. The van der Waals surface area contributed by atoms with Gasteiger partial charge in [-0.3, -0.25) is 0 Å². The molecule has 31 rings (SSSR count). The van der Waals surface area contributed by atoms with Crippen LogP contribution < -0.4 is 0 Å². The maximum atomic E-state index is 6.47. The topological polar surface area (TPSA) is 117 Å². The third-order valence-electron chi connectivity index (χ3n) is 29.7. The van der Waals surface area contributed by atoms with Crippen molar-refractivity contribution in [2.75, 3.05) is 0 Å². The number of furan rings is 3. The summed E-state index contributed by atoms with van der Waals surface area (Å²) in [6.45, 7) is 0. The average molecular weight is 1900 g/mol. The number of aromatic nitrogens is 6. The summed E-state index contributed by atoms with van der Waals surface area (Å²) in [4.78, 5) is 30.5. The van der Waals surface area contributed by atoms with Gasteiger partial charge in [-0.25, -0.2) is 29.9 Å². The number of benzene rings is 24. The molecule has 0 spiro atoms. The summed E-state index contributed by atoms with van der Waals surface area (Å²) in [7, 11) is 0. The number of fused-ring (bicyclic) bond motifs is 18. The number of rotatable bonds is 13. The fourth-order valence-corrected chi connectivity index (χ4v) is 22.7. The molecule has 0 radical (unpaired) electrons. The first-order valence-corrected chi connectivity index (χ1v) is 50.5. The second-order valence-corrected chi connectivity index (χ2v) is 38.4. The van der Waals surface area contributed by atoms with E-state index in [0.29, 0.717) is 17.5 Å². The summed E-state index contributed by atoms with van der Waals surface area (Å²) >= 11 is 0. The van der Waals surface area contributed by atoms with Crippen LogP contribution in [-0.2, 0) is 0 Å². The monoisotopic (exact) mass is 1900 g/mol. The number of nitrogens with zero attached hydrogens (tertiary/aromatic N) is 6. The van der Waals surface area contributed by atoms with Gasteiger partial charge < -0.3 is 13.3 Å². The van der Waals surface area contributed by atoms with Crippen LogP contribution in [0.25, 0.3) is 310 Å². The maximum absolute atomic E-state index is 6.47. The molecular weight excluding hydrogens is 1810 g/mol. The lowest BCUT2D eigenvalue weighted by Gasteiger charge is -2.13. The van der Waals surface area contributed by atoms with Crippen molar-refractivity contribution >= 4 is 141 Å². The van der Waals surface area contributed by atoms with E-state index in [1.807, 2.05) is 146 Å². The van der Waals surface area contributed by atoms with Crippen molar-refractivity contribution < 1.29 is 13.3 Å². The molecule has 149 heavy (non-hydrogen) atoms. The van der Waals surface area contributed by atoms with Crippen molar-refractivity contribution in [3.63, 3.8) is 0 Å². The summed E-state index contributed by atoms with van der Waals surface area (Å²) in [6, 6.07) is 179. The standard InChI is InChI=1S/C52H32N2O.2C44H26N2O/c1-3-12-35(13-4-1)47-32-48(54-52(53-47)36-14-5-2-6-15-36)44-20-11-21-50-51(44)46-31-38(27-29-49(46)55-50)34-24-22-33(23-25-34)37-26-28-43-41-18-8-7-16-39(41)40-17-9-10-19-42(40)45(43)30-37;1-3-9-27(10-4-1)37-26-38(46-44(45-37)30-11-5-2-6-12-30)35-15-8-16-40-43(35)36-25-31(21-22-39(36)47-40)34-23-32-19-17-28-13-7-14-29-18-20-33(24-34)42(32)41(28)29;1-3-11-27(12-4-1)38-26-39(46-44(45-38)28-13-5-2-6-14-28)36-19-10-20-41-43(36)37-25-29(21-24-40(37)47-41)30-22-23-35-32-16-8-7-15-31(32)34-18-9-17-33(30)42(34)35/h1-32H;2*1-26H. The van der Waals surface area contributed by atoms with Gasteiger partial charge in [0.1, 0.15) is 33.5 Å². The zero-order chi connectivity index (χ0) is 98.1. The van der Waals surface area contributed by atoms with Gasteiger partial charge in [0, 0.05) is 82.4 Å². The lowest BCUT2D eigenvalue weighted by atomic mass is 9.91. The van der Waals surface area contributed by atoms with E-state index in [9.17, 15) is 0 Å². The minimum Gasteiger partial charge on any atom is -0.456 e. The van der Waals surface area contributed by atoms with E-state index in [0.717, 1.165) is 172 Å². The highest BCUT2D eigenvalue weighted by molar-refractivity contribution is 6.28. The lowest BCUT2D eigenvalue weighted by molar-refractivity contribution is 0.668. The highest BCUT2D eigenvalue weighted by Crippen LogP contribution is 2.52.